The van der Waals surface area contributed by atoms with E-state index in [1.165, 1.54) is 0 Å². The standard InChI is InChI=1S/C22H21NO4/c1-15-7-8-18-16(13-15)14-19(27-18)20(24)23-11-9-22(10-12-23,21(25)26)17-5-3-2-4-6-17/h2-8,13-14H,9-12H2,1H3,(H,25,26). The normalized spacial score (nSPS) is 16.4. The number of furan rings is 1. The minimum absolute atomic E-state index is 0.184. The van der Waals surface area contributed by atoms with Crippen molar-refractivity contribution in [1.82, 2.24) is 4.90 Å². The van der Waals surface area contributed by atoms with Crippen molar-refractivity contribution in [2.45, 2.75) is 25.2 Å². The van der Waals surface area contributed by atoms with Crippen molar-refractivity contribution in [1.29, 1.82) is 0 Å². The van der Waals surface area contributed by atoms with Gasteiger partial charge < -0.3 is 14.4 Å². The fourth-order valence-electron chi connectivity index (χ4n) is 3.90. The van der Waals surface area contributed by atoms with Crippen LogP contribution >= 0.6 is 0 Å². The Morgan fingerprint density at radius 1 is 1.04 bits per heavy atom. The maximum atomic E-state index is 12.9. The summed E-state index contributed by atoms with van der Waals surface area (Å²) in [6, 6.07) is 16.9. The quantitative estimate of drug-likeness (QED) is 0.763. The van der Waals surface area contributed by atoms with Crippen LogP contribution < -0.4 is 0 Å². The summed E-state index contributed by atoms with van der Waals surface area (Å²) in [6.07, 6.45) is 0.773. The maximum Gasteiger partial charge on any atom is 0.314 e. The Hall–Kier alpha value is -3.08. The average Bonchev–Trinajstić information content (AvgIpc) is 3.11. The van der Waals surface area contributed by atoms with Crippen LogP contribution in [0.4, 0.5) is 0 Å². The molecule has 0 spiro atoms. The van der Waals surface area contributed by atoms with E-state index in [0.717, 1.165) is 16.5 Å². The van der Waals surface area contributed by atoms with Crippen molar-refractivity contribution < 1.29 is 19.1 Å². The van der Waals surface area contributed by atoms with E-state index in [4.69, 9.17) is 4.42 Å². The molecule has 0 unspecified atom stereocenters. The second-order valence-corrected chi connectivity index (χ2v) is 7.20. The number of benzene rings is 2. The second kappa shape index (κ2) is 6.58. The fraction of sp³-hybridized carbons (Fsp3) is 0.273. The number of hydrogen-bond acceptors (Lipinski definition) is 3. The summed E-state index contributed by atoms with van der Waals surface area (Å²) in [4.78, 5) is 26.6. The first-order valence-corrected chi connectivity index (χ1v) is 9.08. The van der Waals surface area contributed by atoms with Crippen LogP contribution in [0.3, 0.4) is 0 Å². The molecule has 1 aliphatic heterocycles. The van der Waals surface area contributed by atoms with Gasteiger partial charge in [0.25, 0.3) is 5.91 Å². The summed E-state index contributed by atoms with van der Waals surface area (Å²) in [5.74, 6) is -0.714. The topological polar surface area (TPSA) is 70.8 Å². The first kappa shape index (κ1) is 17.3. The largest absolute Gasteiger partial charge is 0.481 e. The Morgan fingerprint density at radius 3 is 2.41 bits per heavy atom. The fourth-order valence-corrected chi connectivity index (χ4v) is 3.90. The van der Waals surface area contributed by atoms with Gasteiger partial charge in [-0.3, -0.25) is 9.59 Å². The number of piperidine rings is 1. The molecule has 1 saturated heterocycles. The number of carboxylic acid groups (broad SMARTS) is 1. The lowest BCUT2D eigenvalue weighted by atomic mass is 9.73. The zero-order chi connectivity index (χ0) is 19.0. The molecule has 4 rings (SSSR count). The molecule has 27 heavy (non-hydrogen) atoms. The van der Waals surface area contributed by atoms with Crippen LogP contribution in [0.5, 0.6) is 0 Å². The van der Waals surface area contributed by atoms with Crippen molar-refractivity contribution in [3.63, 3.8) is 0 Å². The summed E-state index contributed by atoms with van der Waals surface area (Å²) >= 11 is 0. The van der Waals surface area contributed by atoms with Crippen molar-refractivity contribution in [2.75, 3.05) is 13.1 Å². The number of aliphatic carboxylic acids is 1. The van der Waals surface area contributed by atoms with Crippen LogP contribution in [0.1, 0.15) is 34.5 Å². The van der Waals surface area contributed by atoms with Crippen LogP contribution in [-0.2, 0) is 10.2 Å². The lowest BCUT2D eigenvalue weighted by molar-refractivity contribution is -0.145. The van der Waals surface area contributed by atoms with Crippen molar-refractivity contribution >= 4 is 22.8 Å². The molecule has 1 amide bonds. The zero-order valence-corrected chi connectivity index (χ0v) is 15.1. The van der Waals surface area contributed by atoms with E-state index in [1.54, 1.807) is 11.0 Å². The molecule has 0 atom stereocenters. The van der Waals surface area contributed by atoms with Gasteiger partial charge in [-0.05, 0) is 43.5 Å². The molecule has 0 bridgehead atoms. The number of hydrogen-bond donors (Lipinski definition) is 1. The van der Waals surface area contributed by atoms with Crippen LogP contribution in [0.2, 0.25) is 0 Å². The minimum atomic E-state index is -0.941. The molecule has 138 valence electrons. The predicted octanol–water partition coefficient (Wildman–Crippen LogP) is 4.00. The number of carbonyl (C=O) groups is 2. The predicted molar refractivity (Wildman–Crippen MR) is 102 cm³/mol. The average molecular weight is 363 g/mol. The monoisotopic (exact) mass is 363 g/mol. The van der Waals surface area contributed by atoms with E-state index in [-0.39, 0.29) is 5.91 Å². The third-order valence-electron chi connectivity index (χ3n) is 5.52. The SMILES string of the molecule is Cc1ccc2oc(C(=O)N3CCC(C(=O)O)(c4ccccc4)CC3)cc2c1. The van der Waals surface area contributed by atoms with E-state index in [2.05, 4.69) is 0 Å². The number of carboxylic acids is 1. The highest BCUT2D eigenvalue weighted by molar-refractivity contribution is 5.96. The molecule has 1 aliphatic rings. The molecule has 0 saturated carbocycles. The molecule has 1 fully saturated rings. The molecule has 2 heterocycles. The van der Waals surface area contributed by atoms with Gasteiger partial charge in [-0.25, -0.2) is 0 Å². The number of amides is 1. The smallest absolute Gasteiger partial charge is 0.314 e. The number of nitrogens with zero attached hydrogens (tertiary/aromatic N) is 1. The number of fused-ring (bicyclic) bond motifs is 1. The van der Waals surface area contributed by atoms with E-state index in [0.29, 0.717) is 37.3 Å². The molecule has 1 N–H and O–H groups in total. The van der Waals surface area contributed by atoms with Crippen LogP contribution in [0.25, 0.3) is 11.0 Å². The third kappa shape index (κ3) is 2.99. The summed E-state index contributed by atoms with van der Waals surface area (Å²) in [5, 5.41) is 10.8. The Labute approximate surface area is 157 Å². The summed E-state index contributed by atoms with van der Waals surface area (Å²) in [7, 11) is 0. The highest BCUT2D eigenvalue weighted by Crippen LogP contribution is 2.36. The molecule has 2 aromatic carbocycles. The molecule has 5 heteroatoms. The van der Waals surface area contributed by atoms with E-state index in [1.807, 2.05) is 55.5 Å². The van der Waals surface area contributed by atoms with Gasteiger partial charge in [0, 0.05) is 18.5 Å². The molecule has 5 nitrogen and oxygen atoms in total. The van der Waals surface area contributed by atoms with Crippen molar-refractivity contribution in [3.05, 3.63) is 71.5 Å². The second-order valence-electron chi connectivity index (χ2n) is 7.20. The molecular weight excluding hydrogens is 342 g/mol. The van der Waals surface area contributed by atoms with Gasteiger partial charge in [-0.15, -0.1) is 0 Å². The molecule has 1 aromatic heterocycles. The number of carbonyl (C=O) groups excluding carboxylic acids is 1. The van der Waals surface area contributed by atoms with Gasteiger partial charge >= 0.3 is 5.97 Å². The first-order valence-electron chi connectivity index (χ1n) is 9.08. The number of aryl methyl sites for hydroxylation is 1. The van der Waals surface area contributed by atoms with Crippen LogP contribution in [-0.4, -0.2) is 35.0 Å². The summed E-state index contributed by atoms with van der Waals surface area (Å²) < 4.78 is 5.71. The Bertz CT molecular complexity index is 998. The first-order chi connectivity index (χ1) is 13.0. The number of rotatable bonds is 3. The van der Waals surface area contributed by atoms with Crippen LogP contribution in [0, 0.1) is 6.92 Å². The highest BCUT2D eigenvalue weighted by atomic mass is 16.4. The Morgan fingerprint density at radius 2 is 1.74 bits per heavy atom. The van der Waals surface area contributed by atoms with Gasteiger partial charge in [0.15, 0.2) is 5.76 Å². The minimum Gasteiger partial charge on any atom is -0.481 e. The van der Waals surface area contributed by atoms with E-state index in [9.17, 15) is 14.7 Å². The van der Waals surface area contributed by atoms with Gasteiger partial charge in [-0.2, -0.15) is 0 Å². The number of likely N-dealkylation sites (tertiary alicyclic amines) is 1. The van der Waals surface area contributed by atoms with Crippen molar-refractivity contribution in [3.8, 4) is 0 Å². The van der Waals surface area contributed by atoms with Gasteiger partial charge in [0.1, 0.15) is 5.58 Å². The Balaban J connectivity index is 1.55. The molecular formula is C22H21NO4. The lowest BCUT2D eigenvalue weighted by Crippen LogP contribution is -2.49. The van der Waals surface area contributed by atoms with E-state index < -0.39 is 11.4 Å². The van der Waals surface area contributed by atoms with Gasteiger partial charge in [-0.1, -0.05) is 42.0 Å². The molecule has 0 radical (unpaired) electrons. The Kier molecular flexibility index (Phi) is 4.22. The summed E-state index contributed by atoms with van der Waals surface area (Å²) in [5.41, 5.74) is 1.64. The zero-order valence-electron chi connectivity index (χ0n) is 15.1. The maximum absolute atomic E-state index is 12.9. The summed E-state index contributed by atoms with van der Waals surface area (Å²) in [6.45, 7) is 2.76. The van der Waals surface area contributed by atoms with Gasteiger partial charge in [0.05, 0.1) is 5.41 Å². The van der Waals surface area contributed by atoms with Crippen molar-refractivity contribution in [2.24, 2.45) is 0 Å². The van der Waals surface area contributed by atoms with E-state index >= 15 is 0 Å². The van der Waals surface area contributed by atoms with Gasteiger partial charge in [0.2, 0.25) is 0 Å². The third-order valence-corrected chi connectivity index (χ3v) is 5.52. The molecule has 3 aromatic rings. The lowest BCUT2D eigenvalue weighted by Gasteiger charge is -2.38. The highest BCUT2D eigenvalue weighted by Gasteiger charge is 2.44. The molecule has 0 aliphatic carbocycles. The van der Waals surface area contributed by atoms with Crippen LogP contribution in [0.15, 0.2) is 59.0 Å².